The van der Waals surface area contributed by atoms with Gasteiger partial charge in [0.25, 0.3) is 0 Å². The lowest BCUT2D eigenvalue weighted by Crippen LogP contribution is -2.36. The molecule has 1 rings (SSSR count). The smallest absolute Gasteiger partial charge is 0.188 e. The molecule has 52 valence electrons. The van der Waals surface area contributed by atoms with Gasteiger partial charge in [0.05, 0.1) is 0 Å². The number of hydrogen-bond donors (Lipinski definition) is 3. The van der Waals surface area contributed by atoms with Crippen LogP contribution in [0.5, 0.6) is 0 Å². The lowest BCUT2D eigenvalue weighted by atomic mass is 10.3. The van der Waals surface area contributed by atoms with E-state index in [0.717, 1.165) is 19.5 Å². The summed E-state index contributed by atoms with van der Waals surface area (Å²) < 4.78 is 0. The molecule has 4 nitrogen and oxygen atoms in total. The fourth-order valence-electron chi connectivity index (χ4n) is 1.01. The molecule has 1 fully saturated rings. The van der Waals surface area contributed by atoms with Crippen LogP contribution in [0, 0.1) is 5.41 Å². The van der Waals surface area contributed by atoms with Gasteiger partial charge >= 0.3 is 0 Å². The molecule has 0 aromatic carbocycles. The average Bonchev–Trinajstić information content (AvgIpc) is 2.14. The van der Waals surface area contributed by atoms with Crippen molar-refractivity contribution in [1.29, 1.82) is 5.41 Å². The normalized spacial score (nSPS) is 26.8. The number of nitrogens with two attached hydrogens (primary N) is 2. The minimum Gasteiger partial charge on any atom is -0.370 e. The SMILES string of the molecule is N=C(N)N1CCC(N)C1. The summed E-state index contributed by atoms with van der Waals surface area (Å²) in [5.74, 6) is 0.142. The van der Waals surface area contributed by atoms with Crippen molar-refractivity contribution in [3.8, 4) is 0 Å². The molecule has 5 N–H and O–H groups in total. The van der Waals surface area contributed by atoms with E-state index in [2.05, 4.69) is 0 Å². The Labute approximate surface area is 54.3 Å². The Morgan fingerprint density at radius 2 is 2.33 bits per heavy atom. The van der Waals surface area contributed by atoms with E-state index in [-0.39, 0.29) is 12.0 Å². The van der Waals surface area contributed by atoms with Crippen LogP contribution in [0.4, 0.5) is 0 Å². The summed E-state index contributed by atoms with van der Waals surface area (Å²) in [5, 5.41) is 7.03. The molecule has 1 unspecified atom stereocenters. The molecule has 0 aromatic heterocycles. The van der Waals surface area contributed by atoms with Crippen LogP contribution in [0.25, 0.3) is 0 Å². The minimum absolute atomic E-state index is 0.142. The highest BCUT2D eigenvalue weighted by molar-refractivity contribution is 5.74. The van der Waals surface area contributed by atoms with Crippen molar-refractivity contribution in [1.82, 2.24) is 4.90 Å². The molecular weight excluding hydrogens is 116 g/mol. The van der Waals surface area contributed by atoms with E-state index in [0.29, 0.717) is 0 Å². The quantitative estimate of drug-likeness (QED) is 0.286. The molecule has 0 aliphatic carbocycles. The van der Waals surface area contributed by atoms with Crippen LogP contribution in [-0.2, 0) is 0 Å². The van der Waals surface area contributed by atoms with Gasteiger partial charge < -0.3 is 16.4 Å². The lowest BCUT2D eigenvalue weighted by Gasteiger charge is -2.13. The molecule has 1 aliphatic heterocycles. The number of rotatable bonds is 0. The van der Waals surface area contributed by atoms with Gasteiger partial charge in [-0.15, -0.1) is 0 Å². The summed E-state index contributed by atoms with van der Waals surface area (Å²) in [5.41, 5.74) is 10.8. The van der Waals surface area contributed by atoms with Gasteiger partial charge in [0.1, 0.15) is 0 Å². The zero-order valence-electron chi connectivity index (χ0n) is 5.30. The summed E-state index contributed by atoms with van der Waals surface area (Å²) in [6.45, 7) is 1.59. The molecule has 1 atom stereocenters. The van der Waals surface area contributed by atoms with Crippen molar-refractivity contribution in [2.75, 3.05) is 13.1 Å². The molecule has 4 heteroatoms. The second-order valence-electron chi connectivity index (χ2n) is 2.38. The molecule has 1 heterocycles. The van der Waals surface area contributed by atoms with Gasteiger partial charge in [-0.05, 0) is 6.42 Å². The Hall–Kier alpha value is -0.770. The molecule has 0 spiro atoms. The van der Waals surface area contributed by atoms with Crippen LogP contribution < -0.4 is 11.5 Å². The first-order valence-corrected chi connectivity index (χ1v) is 3.04. The van der Waals surface area contributed by atoms with E-state index in [1.807, 2.05) is 0 Å². The van der Waals surface area contributed by atoms with Crippen molar-refractivity contribution in [3.63, 3.8) is 0 Å². The van der Waals surface area contributed by atoms with Crippen LogP contribution in [0.15, 0.2) is 0 Å². The first-order valence-electron chi connectivity index (χ1n) is 3.04. The number of nitrogens with zero attached hydrogens (tertiary/aromatic N) is 1. The van der Waals surface area contributed by atoms with Gasteiger partial charge in [0.15, 0.2) is 5.96 Å². The van der Waals surface area contributed by atoms with E-state index in [4.69, 9.17) is 16.9 Å². The maximum Gasteiger partial charge on any atom is 0.188 e. The first kappa shape index (κ1) is 6.35. The summed E-state index contributed by atoms with van der Waals surface area (Å²) in [7, 11) is 0. The Kier molecular flexibility index (Phi) is 1.57. The second kappa shape index (κ2) is 2.23. The Bertz CT molecular complexity index is 122. The van der Waals surface area contributed by atoms with Gasteiger partial charge in [-0.3, -0.25) is 5.41 Å². The van der Waals surface area contributed by atoms with E-state index in [9.17, 15) is 0 Å². The molecule has 9 heavy (non-hydrogen) atoms. The summed E-state index contributed by atoms with van der Waals surface area (Å²) in [6, 6.07) is 0.217. The highest BCUT2D eigenvalue weighted by atomic mass is 15.3. The van der Waals surface area contributed by atoms with Crippen LogP contribution in [-0.4, -0.2) is 30.0 Å². The largest absolute Gasteiger partial charge is 0.370 e. The van der Waals surface area contributed by atoms with Crippen LogP contribution in [0.2, 0.25) is 0 Å². The van der Waals surface area contributed by atoms with Gasteiger partial charge in [-0.2, -0.15) is 0 Å². The Balaban J connectivity index is 2.39. The fraction of sp³-hybridized carbons (Fsp3) is 0.800. The first-order chi connectivity index (χ1) is 4.20. The maximum atomic E-state index is 7.03. The number of likely N-dealkylation sites (tertiary alicyclic amines) is 1. The molecule has 0 saturated carbocycles. The predicted molar refractivity (Wildman–Crippen MR) is 36.1 cm³/mol. The van der Waals surface area contributed by atoms with Gasteiger partial charge in [-0.25, -0.2) is 0 Å². The summed E-state index contributed by atoms with van der Waals surface area (Å²) >= 11 is 0. The van der Waals surface area contributed by atoms with Gasteiger partial charge in [0, 0.05) is 19.1 Å². The van der Waals surface area contributed by atoms with Crippen LogP contribution >= 0.6 is 0 Å². The molecule has 0 bridgehead atoms. The zero-order chi connectivity index (χ0) is 6.85. The third-order valence-electron chi connectivity index (χ3n) is 1.57. The molecule has 1 aliphatic rings. The van der Waals surface area contributed by atoms with Crippen LogP contribution in [0.1, 0.15) is 6.42 Å². The zero-order valence-corrected chi connectivity index (χ0v) is 5.30. The number of nitrogens with one attached hydrogen (secondary N) is 1. The monoisotopic (exact) mass is 128 g/mol. The second-order valence-corrected chi connectivity index (χ2v) is 2.38. The Morgan fingerprint density at radius 3 is 2.56 bits per heavy atom. The van der Waals surface area contributed by atoms with E-state index in [1.165, 1.54) is 0 Å². The topological polar surface area (TPSA) is 79.1 Å². The highest BCUT2D eigenvalue weighted by Crippen LogP contribution is 2.04. The molecular formula is C5H12N4. The lowest BCUT2D eigenvalue weighted by molar-refractivity contribution is 0.500. The highest BCUT2D eigenvalue weighted by Gasteiger charge is 2.18. The predicted octanol–water partition coefficient (Wildman–Crippen LogP) is -1.09. The van der Waals surface area contributed by atoms with Gasteiger partial charge in [-0.1, -0.05) is 0 Å². The van der Waals surface area contributed by atoms with Crippen molar-refractivity contribution in [3.05, 3.63) is 0 Å². The molecule has 0 amide bonds. The van der Waals surface area contributed by atoms with Gasteiger partial charge in [0.2, 0.25) is 0 Å². The van der Waals surface area contributed by atoms with E-state index < -0.39 is 0 Å². The minimum atomic E-state index is 0.142. The van der Waals surface area contributed by atoms with E-state index in [1.54, 1.807) is 4.90 Å². The van der Waals surface area contributed by atoms with Crippen molar-refractivity contribution >= 4 is 5.96 Å². The van der Waals surface area contributed by atoms with E-state index >= 15 is 0 Å². The molecule has 1 saturated heterocycles. The number of hydrogen-bond acceptors (Lipinski definition) is 2. The molecule has 0 aromatic rings. The van der Waals surface area contributed by atoms with Crippen molar-refractivity contribution < 1.29 is 0 Å². The average molecular weight is 128 g/mol. The van der Waals surface area contributed by atoms with Crippen LogP contribution in [0.3, 0.4) is 0 Å². The Morgan fingerprint density at radius 1 is 1.67 bits per heavy atom. The third-order valence-corrected chi connectivity index (χ3v) is 1.57. The number of guanidine groups is 1. The van der Waals surface area contributed by atoms with Crippen molar-refractivity contribution in [2.24, 2.45) is 11.5 Å². The molecule has 0 radical (unpaired) electrons. The summed E-state index contributed by atoms with van der Waals surface area (Å²) in [4.78, 5) is 1.78. The summed E-state index contributed by atoms with van der Waals surface area (Å²) in [6.07, 6.45) is 0.958. The van der Waals surface area contributed by atoms with Crippen molar-refractivity contribution in [2.45, 2.75) is 12.5 Å². The standard InChI is InChI=1S/C5H12N4/c6-4-1-2-9(3-4)5(7)8/h4H,1-3,6H2,(H3,7,8). The third kappa shape index (κ3) is 1.32. The maximum absolute atomic E-state index is 7.03. The fourth-order valence-corrected chi connectivity index (χ4v) is 1.01.